The van der Waals surface area contributed by atoms with Crippen LogP contribution in [0.2, 0.25) is 0 Å². The number of nitrogens with one attached hydrogen (secondary N) is 1. The van der Waals surface area contributed by atoms with Gasteiger partial charge in [0.15, 0.2) is 11.5 Å². The van der Waals surface area contributed by atoms with Crippen LogP contribution >= 0.6 is 0 Å². The SMILES string of the molecule is COc1cc2c(cc1OCc1ccccc1)NC(=O)C21CCN(c2ncccn2)CC1. The predicted molar refractivity (Wildman–Crippen MR) is 118 cm³/mol. The Morgan fingerprint density at radius 3 is 2.48 bits per heavy atom. The van der Waals surface area contributed by atoms with Gasteiger partial charge in [-0.2, -0.15) is 0 Å². The fourth-order valence-corrected chi connectivity index (χ4v) is 4.47. The summed E-state index contributed by atoms with van der Waals surface area (Å²) in [5.74, 6) is 2.01. The first-order chi connectivity index (χ1) is 15.2. The van der Waals surface area contributed by atoms with Crippen molar-refractivity contribution < 1.29 is 14.3 Å². The predicted octanol–water partition coefficient (Wildman–Crippen LogP) is 3.55. The summed E-state index contributed by atoms with van der Waals surface area (Å²) in [7, 11) is 1.63. The summed E-state index contributed by atoms with van der Waals surface area (Å²) >= 11 is 0. The van der Waals surface area contributed by atoms with E-state index in [-0.39, 0.29) is 5.91 Å². The number of hydrogen-bond acceptors (Lipinski definition) is 6. The number of ether oxygens (including phenoxy) is 2. The molecule has 7 nitrogen and oxygen atoms in total. The molecule has 0 unspecified atom stereocenters. The second-order valence-corrected chi connectivity index (χ2v) is 7.89. The molecular formula is C24H24N4O3. The smallest absolute Gasteiger partial charge is 0.235 e. The normalized spacial score (nSPS) is 16.7. The lowest BCUT2D eigenvalue weighted by Gasteiger charge is -2.38. The van der Waals surface area contributed by atoms with Crippen molar-refractivity contribution in [2.45, 2.75) is 24.9 Å². The van der Waals surface area contributed by atoms with Gasteiger partial charge in [-0.25, -0.2) is 9.97 Å². The first-order valence-corrected chi connectivity index (χ1v) is 10.4. The molecular weight excluding hydrogens is 392 g/mol. The number of hydrogen-bond donors (Lipinski definition) is 1. The summed E-state index contributed by atoms with van der Waals surface area (Å²) < 4.78 is 11.6. The molecule has 0 aliphatic carbocycles. The molecule has 1 aromatic heterocycles. The van der Waals surface area contributed by atoms with Crippen LogP contribution in [0.25, 0.3) is 0 Å². The Morgan fingerprint density at radius 2 is 1.77 bits per heavy atom. The number of methoxy groups -OCH3 is 1. The monoisotopic (exact) mass is 416 g/mol. The lowest BCUT2D eigenvalue weighted by Crippen LogP contribution is -2.47. The molecule has 1 N–H and O–H groups in total. The van der Waals surface area contributed by atoms with Crippen molar-refractivity contribution in [3.63, 3.8) is 0 Å². The van der Waals surface area contributed by atoms with Gasteiger partial charge in [0.2, 0.25) is 11.9 Å². The molecule has 2 aliphatic rings. The average Bonchev–Trinajstić information content (AvgIpc) is 3.08. The van der Waals surface area contributed by atoms with Crippen LogP contribution in [-0.4, -0.2) is 36.1 Å². The van der Waals surface area contributed by atoms with Gasteiger partial charge in [0.05, 0.1) is 12.5 Å². The van der Waals surface area contributed by atoms with Gasteiger partial charge in [-0.05, 0) is 36.1 Å². The van der Waals surface area contributed by atoms with E-state index in [0.717, 1.165) is 16.8 Å². The van der Waals surface area contributed by atoms with E-state index in [0.29, 0.717) is 50.0 Å². The van der Waals surface area contributed by atoms with E-state index in [1.165, 1.54) is 0 Å². The van der Waals surface area contributed by atoms with E-state index in [9.17, 15) is 4.79 Å². The van der Waals surface area contributed by atoms with E-state index in [1.807, 2.05) is 42.5 Å². The number of benzene rings is 2. The zero-order valence-electron chi connectivity index (χ0n) is 17.4. The molecule has 1 saturated heterocycles. The number of anilines is 2. The van der Waals surface area contributed by atoms with E-state index >= 15 is 0 Å². The summed E-state index contributed by atoms with van der Waals surface area (Å²) in [5, 5.41) is 3.08. The standard InChI is InChI=1S/C24H24N4O3/c1-30-20-14-18-19(15-21(20)31-16-17-6-3-2-4-7-17)27-22(29)24(18)8-12-28(13-9-24)23-25-10-5-11-26-23/h2-7,10-11,14-15H,8-9,12-13,16H2,1H3,(H,27,29). The van der Waals surface area contributed by atoms with Gasteiger partial charge < -0.3 is 19.7 Å². The highest BCUT2D eigenvalue weighted by Gasteiger charge is 2.49. The molecule has 158 valence electrons. The maximum Gasteiger partial charge on any atom is 0.235 e. The molecule has 1 fully saturated rings. The van der Waals surface area contributed by atoms with E-state index < -0.39 is 5.41 Å². The molecule has 5 rings (SSSR count). The Kier molecular flexibility index (Phi) is 4.94. The molecule has 31 heavy (non-hydrogen) atoms. The Morgan fingerprint density at radius 1 is 1.03 bits per heavy atom. The van der Waals surface area contributed by atoms with E-state index in [4.69, 9.17) is 9.47 Å². The molecule has 1 amide bonds. The van der Waals surface area contributed by atoms with E-state index in [1.54, 1.807) is 25.6 Å². The molecule has 2 aliphatic heterocycles. The molecule has 0 saturated carbocycles. The van der Waals surface area contributed by atoms with Crippen molar-refractivity contribution in [1.29, 1.82) is 0 Å². The molecule has 3 aromatic rings. The Labute approximate surface area is 181 Å². The molecule has 0 bridgehead atoms. The van der Waals surface area contributed by atoms with E-state index in [2.05, 4.69) is 20.2 Å². The highest BCUT2D eigenvalue weighted by molar-refractivity contribution is 6.07. The molecule has 3 heterocycles. The van der Waals surface area contributed by atoms with Crippen molar-refractivity contribution in [1.82, 2.24) is 9.97 Å². The number of carbonyl (C=O) groups is 1. The maximum absolute atomic E-state index is 13.1. The molecule has 7 heteroatoms. The van der Waals surface area contributed by atoms with Gasteiger partial charge >= 0.3 is 0 Å². The van der Waals surface area contributed by atoms with Gasteiger partial charge in [0.25, 0.3) is 0 Å². The van der Waals surface area contributed by atoms with Crippen molar-refractivity contribution in [3.05, 3.63) is 72.1 Å². The summed E-state index contributed by atoms with van der Waals surface area (Å²) in [5.41, 5.74) is 2.29. The van der Waals surface area contributed by atoms with Crippen LogP contribution in [0, 0.1) is 0 Å². The number of carbonyl (C=O) groups excluding carboxylic acids is 1. The Balaban J connectivity index is 1.39. The van der Waals surface area contributed by atoms with Gasteiger partial charge in [-0.1, -0.05) is 30.3 Å². The minimum atomic E-state index is -0.564. The van der Waals surface area contributed by atoms with Crippen LogP contribution in [0.1, 0.15) is 24.0 Å². The van der Waals surface area contributed by atoms with Crippen LogP contribution in [0.5, 0.6) is 11.5 Å². The molecule has 0 atom stereocenters. The minimum Gasteiger partial charge on any atom is -0.493 e. The third-order valence-corrected chi connectivity index (χ3v) is 6.19. The van der Waals surface area contributed by atoms with Crippen LogP contribution in [0.4, 0.5) is 11.6 Å². The fraction of sp³-hybridized carbons (Fsp3) is 0.292. The van der Waals surface area contributed by atoms with Crippen molar-refractivity contribution in [3.8, 4) is 11.5 Å². The average molecular weight is 416 g/mol. The minimum absolute atomic E-state index is 0.0402. The number of amides is 1. The summed E-state index contributed by atoms with van der Waals surface area (Å²) in [6.45, 7) is 1.86. The second kappa shape index (κ2) is 7.91. The zero-order valence-corrected chi connectivity index (χ0v) is 17.4. The number of aromatic nitrogens is 2. The van der Waals surface area contributed by atoms with Crippen molar-refractivity contribution in [2.24, 2.45) is 0 Å². The first-order valence-electron chi connectivity index (χ1n) is 10.4. The molecule has 1 spiro atoms. The van der Waals surface area contributed by atoms with Gasteiger partial charge in [-0.15, -0.1) is 0 Å². The van der Waals surface area contributed by atoms with Crippen LogP contribution in [0.15, 0.2) is 60.9 Å². The Bertz CT molecular complexity index is 1080. The van der Waals surface area contributed by atoms with Crippen LogP contribution in [-0.2, 0) is 16.8 Å². The highest BCUT2D eigenvalue weighted by atomic mass is 16.5. The van der Waals surface area contributed by atoms with Crippen molar-refractivity contribution in [2.75, 3.05) is 30.4 Å². The summed E-state index contributed by atoms with van der Waals surface area (Å²) in [6, 6.07) is 15.6. The topological polar surface area (TPSA) is 76.6 Å². The molecule has 2 aromatic carbocycles. The van der Waals surface area contributed by atoms with Crippen molar-refractivity contribution >= 4 is 17.5 Å². The maximum atomic E-state index is 13.1. The van der Waals surface area contributed by atoms with Gasteiger partial charge in [0.1, 0.15) is 6.61 Å². The van der Waals surface area contributed by atoms with Crippen LogP contribution < -0.4 is 19.7 Å². The number of fused-ring (bicyclic) bond motifs is 2. The number of nitrogens with zero attached hydrogens (tertiary/aromatic N) is 3. The Hall–Kier alpha value is -3.61. The number of piperidine rings is 1. The highest BCUT2D eigenvalue weighted by Crippen LogP contribution is 2.49. The number of rotatable bonds is 5. The zero-order chi connectivity index (χ0) is 21.3. The largest absolute Gasteiger partial charge is 0.493 e. The lowest BCUT2D eigenvalue weighted by atomic mass is 9.73. The lowest BCUT2D eigenvalue weighted by molar-refractivity contribution is -0.121. The quantitative estimate of drug-likeness (QED) is 0.686. The van der Waals surface area contributed by atoms with Gasteiger partial charge in [-0.3, -0.25) is 4.79 Å². The summed E-state index contributed by atoms with van der Waals surface area (Å²) in [6.07, 6.45) is 4.87. The first kappa shape index (κ1) is 19.4. The summed E-state index contributed by atoms with van der Waals surface area (Å²) in [4.78, 5) is 23.9. The third kappa shape index (κ3) is 3.46. The molecule has 0 radical (unpaired) electrons. The van der Waals surface area contributed by atoms with Crippen LogP contribution in [0.3, 0.4) is 0 Å². The fourth-order valence-electron chi connectivity index (χ4n) is 4.47. The third-order valence-electron chi connectivity index (χ3n) is 6.19. The van der Waals surface area contributed by atoms with Gasteiger partial charge in [0, 0.05) is 37.2 Å². The second-order valence-electron chi connectivity index (χ2n) is 7.89.